The number of nitrogens with two attached hydrogens (primary N) is 1. The Morgan fingerprint density at radius 3 is 2.85 bits per heavy atom. The summed E-state index contributed by atoms with van der Waals surface area (Å²) in [6, 6.07) is 0.170. The summed E-state index contributed by atoms with van der Waals surface area (Å²) in [6.45, 7) is 5.39. The lowest BCUT2D eigenvalue weighted by Gasteiger charge is -2.25. The zero-order valence-electron chi connectivity index (χ0n) is 14.7. The summed E-state index contributed by atoms with van der Waals surface area (Å²) in [4.78, 5) is 19.4. The van der Waals surface area contributed by atoms with Crippen molar-refractivity contribution in [3.63, 3.8) is 0 Å². The minimum atomic E-state index is -0.352. The standard InChI is InChI=1S/C17H20FN7S/c1-10(2)15-12(18)5-22-17(23-15)24-7-11-9-26-16(19)25(13(11)8-24)14-6-20-3-4-21-14/h3-6,10-11,13,19H,7-9H2,1-2H3/p+1/t11-,13-/m0/s1. The molecule has 136 valence electrons. The molecule has 0 bridgehead atoms. The summed E-state index contributed by atoms with van der Waals surface area (Å²) < 4.78 is 16.0. The highest BCUT2D eigenvalue weighted by Crippen LogP contribution is 2.33. The molecule has 2 aliphatic rings. The maximum absolute atomic E-state index is 13.9. The van der Waals surface area contributed by atoms with Gasteiger partial charge in [-0.2, -0.15) is 0 Å². The number of fused-ring (bicyclic) bond motifs is 1. The summed E-state index contributed by atoms with van der Waals surface area (Å²) >= 11 is 1.63. The average Bonchev–Trinajstić information content (AvgIpc) is 3.06. The third kappa shape index (κ3) is 3.00. The SMILES string of the molecule is CC(C)c1nc(N2C[C@H]3CSC(N)=[N+](c4cnccn4)[C@H]3C2)ncc1F. The van der Waals surface area contributed by atoms with Gasteiger partial charge in [0, 0.05) is 18.2 Å². The van der Waals surface area contributed by atoms with Crippen molar-refractivity contribution in [3.05, 3.63) is 36.3 Å². The fraction of sp³-hybridized carbons (Fsp3) is 0.471. The van der Waals surface area contributed by atoms with Crippen LogP contribution < -0.4 is 10.6 Å². The number of hydrogen-bond acceptors (Lipinski definition) is 7. The topological polar surface area (TPSA) is 83.8 Å². The largest absolute Gasteiger partial charge is 0.337 e. The highest BCUT2D eigenvalue weighted by molar-refractivity contribution is 8.13. The Bertz CT molecular complexity index is 842. The van der Waals surface area contributed by atoms with Crippen LogP contribution in [0.4, 0.5) is 16.2 Å². The van der Waals surface area contributed by atoms with Gasteiger partial charge in [0.2, 0.25) is 5.95 Å². The van der Waals surface area contributed by atoms with E-state index >= 15 is 0 Å². The molecular weight excluding hydrogens is 353 g/mol. The number of nitrogens with zero attached hydrogens (tertiary/aromatic N) is 6. The van der Waals surface area contributed by atoms with Crippen molar-refractivity contribution in [2.75, 3.05) is 23.7 Å². The van der Waals surface area contributed by atoms with E-state index in [9.17, 15) is 4.39 Å². The Hall–Kier alpha value is -2.29. The van der Waals surface area contributed by atoms with Crippen molar-refractivity contribution in [2.24, 2.45) is 11.7 Å². The zero-order chi connectivity index (χ0) is 18.3. The predicted octanol–water partition coefficient (Wildman–Crippen LogP) is 1.74. The highest BCUT2D eigenvalue weighted by atomic mass is 32.2. The van der Waals surface area contributed by atoms with Gasteiger partial charge in [0.15, 0.2) is 5.82 Å². The van der Waals surface area contributed by atoms with Crippen LogP contribution in [0.1, 0.15) is 25.5 Å². The molecule has 0 spiro atoms. The number of thioether (sulfide) groups is 1. The molecule has 1 saturated heterocycles. The molecule has 2 aliphatic heterocycles. The van der Waals surface area contributed by atoms with Crippen LogP contribution in [-0.4, -0.2) is 54.6 Å². The molecule has 7 nitrogen and oxygen atoms in total. The van der Waals surface area contributed by atoms with E-state index in [1.54, 1.807) is 30.4 Å². The first kappa shape index (κ1) is 17.1. The fourth-order valence-electron chi connectivity index (χ4n) is 3.53. The fourth-order valence-corrected chi connectivity index (χ4v) is 4.61. The molecule has 0 radical (unpaired) electrons. The summed E-state index contributed by atoms with van der Waals surface area (Å²) in [5, 5.41) is 0.733. The van der Waals surface area contributed by atoms with Gasteiger partial charge in [-0.15, -0.1) is 4.98 Å². The van der Waals surface area contributed by atoms with Crippen molar-refractivity contribution >= 4 is 28.7 Å². The van der Waals surface area contributed by atoms with Crippen molar-refractivity contribution in [2.45, 2.75) is 25.8 Å². The van der Waals surface area contributed by atoms with E-state index in [2.05, 4.69) is 29.4 Å². The maximum atomic E-state index is 13.9. The van der Waals surface area contributed by atoms with Gasteiger partial charge in [0.1, 0.15) is 18.4 Å². The molecule has 2 aromatic rings. The molecule has 2 aromatic heterocycles. The van der Waals surface area contributed by atoms with Crippen LogP contribution in [0.2, 0.25) is 0 Å². The van der Waals surface area contributed by atoms with Crippen molar-refractivity contribution in [1.29, 1.82) is 0 Å². The predicted molar refractivity (Wildman–Crippen MR) is 99.2 cm³/mol. The third-order valence-corrected chi connectivity index (χ3v) is 5.89. The zero-order valence-corrected chi connectivity index (χ0v) is 15.5. The molecule has 0 aliphatic carbocycles. The van der Waals surface area contributed by atoms with Gasteiger partial charge in [0.25, 0.3) is 11.0 Å². The van der Waals surface area contributed by atoms with Gasteiger partial charge >= 0.3 is 0 Å². The van der Waals surface area contributed by atoms with Gasteiger partial charge in [-0.05, 0) is 5.92 Å². The second-order valence-electron chi connectivity index (χ2n) is 6.87. The van der Waals surface area contributed by atoms with Crippen LogP contribution in [0.3, 0.4) is 0 Å². The molecule has 0 unspecified atom stereocenters. The molecule has 9 heteroatoms. The van der Waals surface area contributed by atoms with Crippen LogP contribution in [0.15, 0.2) is 24.8 Å². The normalized spacial score (nSPS) is 22.8. The molecule has 0 saturated carbocycles. The van der Waals surface area contributed by atoms with Crippen LogP contribution in [0.25, 0.3) is 0 Å². The first-order chi connectivity index (χ1) is 12.5. The van der Waals surface area contributed by atoms with Gasteiger partial charge < -0.3 is 10.6 Å². The molecule has 1 fully saturated rings. The minimum absolute atomic E-state index is 0.0113. The number of amidine groups is 1. The molecule has 0 amide bonds. The first-order valence-electron chi connectivity index (χ1n) is 8.62. The molecule has 4 rings (SSSR count). The second-order valence-corrected chi connectivity index (χ2v) is 7.91. The molecule has 2 N–H and O–H groups in total. The second kappa shape index (κ2) is 6.79. The number of aromatic nitrogens is 4. The summed E-state index contributed by atoms with van der Waals surface area (Å²) in [5.74, 6) is 2.31. The lowest BCUT2D eigenvalue weighted by Crippen LogP contribution is -2.42. The van der Waals surface area contributed by atoms with Gasteiger partial charge in [-0.3, -0.25) is 4.98 Å². The quantitative estimate of drug-likeness (QED) is 0.819. The van der Waals surface area contributed by atoms with E-state index in [0.717, 1.165) is 23.3 Å². The first-order valence-corrected chi connectivity index (χ1v) is 9.61. The minimum Gasteiger partial charge on any atom is -0.337 e. The monoisotopic (exact) mass is 374 g/mol. The van der Waals surface area contributed by atoms with E-state index in [1.807, 2.05) is 13.8 Å². The Kier molecular flexibility index (Phi) is 4.47. The number of rotatable bonds is 3. The summed E-state index contributed by atoms with van der Waals surface area (Å²) in [5.41, 5.74) is 6.73. The van der Waals surface area contributed by atoms with Crippen molar-refractivity contribution in [3.8, 4) is 0 Å². The van der Waals surface area contributed by atoms with E-state index < -0.39 is 0 Å². The van der Waals surface area contributed by atoms with Gasteiger partial charge in [0.05, 0.1) is 24.6 Å². The lowest BCUT2D eigenvalue weighted by atomic mass is 10.1. The van der Waals surface area contributed by atoms with Crippen molar-refractivity contribution in [1.82, 2.24) is 19.9 Å². The smallest absolute Gasteiger partial charge is 0.281 e. The van der Waals surface area contributed by atoms with Crippen LogP contribution >= 0.6 is 11.8 Å². The van der Waals surface area contributed by atoms with Crippen LogP contribution in [0.5, 0.6) is 0 Å². The van der Waals surface area contributed by atoms with Crippen molar-refractivity contribution < 1.29 is 8.97 Å². The summed E-state index contributed by atoms with van der Waals surface area (Å²) in [7, 11) is 0. The number of anilines is 1. The number of halogens is 1. The van der Waals surface area contributed by atoms with E-state index in [1.165, 1.54) is 6.20 Å². The van der Waals surface area contributed by atoms with E-state index in [4.69, 9.17) is 5.73 Å². The number of hydrogen-bond donors (Lipinski definition) is 1. The van der Waals surface area contributed by atoms with E-state index in [-0.39, 0.29) is 17.8 Å². The third-order valence-electron chi connectivity index (χ3n) is 4.81. The Labute approximate surface area is 155 Å². The van der Waals surface area contributed by atoms with Crippen LogP contribution in [0, 0.1) is 11.7 Å². The Balaban J connectivity index is 1.65. The lowest BCUT2D eigenvalue weighted by molar-refractivity contribution is -0.490. The molecule has 2 atom stereocenters. The van der Waals surface area contributed by atoms with Gasteiger partial charge in [-0.25, -0.2) is 18.9 Å². The Morgan fingerprint density at radius 2 is 2.12 bits per heavy atom. The molecule has 4 heterocycles. The van der Waals surface area contributed by atoms with E-state index in [0.29, 0.717) is 24.1 Å². The maximum Gasteiger partial charge on any atom is 0.281 e. The summed E-state index contributed by atoms with van der Waals surface area (Å²) in [6.07, 6.45) is 6.32. The Morgan fingerprint density at radius 1 is 1.27 bits per heavy atom. The molecule has 26 heavy (non-hydrogen) atoms. The van der Waals surface area contributed by atoms with Gasteiger partial charge in [-0.1, -0.05) is 25.6 Å². The molecule has 0 aromatic carbocycles. The average molecular weight is 374 g/mol. The highest BCUT2D eigenvalue weighted by Gasteiger charge is 2.43. The van der Waals surface area contributed by atoms with Crippen LogP contribution in [-0.2, 0) is 0 Å². The molecular formula is C17H21FN7S+.